The van der Waals surface area contributed by atoms with Crippen LogP contribution in [0.4, 0.5) is 4.39 Å². The Kier molecular flexibility index (Phi) is 2.77. The lowest BCUT2D eigenvalue weighted by molar-refractivity contribution is -0.105. The average Bonchev–Trinajstić information content (AvgIpc) is 2.38. The molecule has 0 aromatic carbocycles. The van der Waals surface area contributed by atoms with E-state index < -0.39 is 0 Å². The fourth-order valence-corrected chi connectivity index (χ4v) is 1.93. The molecule has 0 aliphatic carbocycles. The lowest BCUT2D eigenvalue weighted by Crippen LogP contribution is -2.19. The van der Waals surface area contributed by atoms with Crippen molar-refractivity contribution in [1.29, 1.82) is 0 Å². The van der Waals surface area contributed by atoms with Crippen LogP contribution in [0.2, 0.25) is 0 Å². The normalized spacial score (nSPS) is 24.7. The molecular formula is C13H14FNO. The first kappa shape index (κ1) is 10.9. The molecule has 2 nitrogen and oxygen atoms in total. The van der Waals surface area contributed by atoms with Crippen molar-refractivity contribution in [3.8, 4) is 0 Å². The minimum absolute atomic E-state index is 0.278. The number of halogens is 1. The van der Waals surface area contributed by atoms with Crippen molar-refractivity contribution < 1.29 is 9.18 Å². The smallest absolute Gasteiger partial charge is 0.166 e. The van der Waals surface area contributed by atoms with Crippen LogP contribution in [0, 0.1) is 5.92 Å². The summed E-state index contributed by atoms with van der Waals surface area (Å²) in [7, 11) is 0. The van der Waals surface area contributed by atoms with Crippen molar-refractivity contribution in [2.75, 3.05) is 0 Å². The molecule has 0 radical (unpaired) electrons. The molecule has 84 valence electrons. The molecule has 16 heavy (non-hydrogen) atoms. The van der Waals surface area contributed by atoms with Gasteiger partial charge in [-0.15, -0.1) is 0 Å². The molecule has 0 aromatic heterocycles. The molecule has 1 atom stereocenters. The fraction of sp³-hybridized carbons (Fsp3) is 0.308. The van der Waals surface area contributed by atoms with E-state index in [1.165, 1.54) is 12.2 Å². The van der Waals surface area contributed by atoms with Crippen LogP contribution in [-0.4, -0.2) is 11.2 Å². The zero-order chi connectivity index (χ0) is 11.7. The van der Waals surface area contributed by atoms with Gasteiger partial charge in [-0.25, -0.2) is 4.39 Å². The molecule has 0 aromatic rings. The van der Waals surface area contributed by atoms with Crippen LogP contribution in [0.3, 0.4) is 0 Å². The Morgan fingerprint density at radius 3 is 3.00 bits per heavy atom. The lowest BCUT2D eigenvalue weighted by atomic mass is 9.98. The van der Waals surface area contributed by atoms with Crippen molar-refractivity contribution in [1.82, 2.24) is 4.90 Å². The third-order valence-electron chi connectivity index (χ3n) is 3.14. The van der Waals surface area contributed by atoms with E-state index >= 15 is 0 Å². The summed E-state index contributed by atoms with van der Waals surface area (Å²) in [6.07, 6.45) is 8.05. The van der Waals surface area contributed by atoms with Gasteiger partial charge in [0, 0.05) is 11.9 Å². The molecule has 0 saturated carbocycles. The molecule has 0 N–H and O–H groups in total. The van der Waals surface area contributed by atoms with Gasteiger partial charge in [-0.1, -0.05) is 13.0 Å². The molecular weight excluding hydrogens is 205 g/mol. The Balaban J connectivity index is 2.51. The molecule has 3 heteroatoms. The van der Waals surface area contributed by atoms with E-state index in [2.05, 4.69) is 6.92 Å². The SMILES string of the molecule is CC1=C(C=O)N2C=CC(F)=CC2=CCC1C. The number of fused-ring (bicyclic) bond motifs is 1. The highest BCUT2D eigenvalue weighted by atomic mass is 19.1. The molecule has 2 rings (SSSR count). The topological polar surface area (TPSA) is 20.3 Å². The van der Waals surface area contributed by atoms with Gasteiger partial charge in [0.15, 0.2) is 6.29 Å². The molecule has 0 fully saturated rings. The maximum absolute atomic E-state index is 13.1. The van der Waals surface area contributed by atoms with E-state index in [-0.39, 0.29) is 5.83 Å². The minimum Gasteiger partial charge on any atom is -0.314 e. The second-order valence-electron chi connectivity index (χ2n) is 4.17. The summed E-state index contributed by atoms with van der Waals surface area (Å²) in [6, 6.07) is 0. The summed E-state index contributed by atoms with van der Waals surface area (Å²) >= 11 is 0. The predicted octanol–water partition coefficient (Wildman–Crippen LogP) is 3.07. The van der Waals surface area contributed by atoms with Crippen LogP contribution >= 0.6 is 0 Å². The number of carbonyl (C=O) groups is 1. The maximum Gasteiger partial charge on any atom is 0.166 e. The Morgan fingerprint density at radius 1 is 1.56 bits per heavy atom. The Labute approximate surface area is 94.4 Å². The molecule has 0 amide bonds. The average molecular weight is 219 g/mol. The van der Waals surface area contributed by atoms with Gasteiger partial charge >= 0.3 is 0 Å². The lowest BCUT2D eigenvalue weighted by Gasteiger charge is -2.24. The minimum atomic E-state index is -0.278. The van der Waals surface area contributed by atoms with Crippen LogP contribution in [0.15, 0.2) is 47.2 Å². The molecule has 0 spiro atoms. The quantitative estimate of drug-likeness (QED) is 0.632. The van der Waals surface area contributed by atoms with Crippen molar-refractivity contribution in [3.63, 3.8) is 0 Å². The van der Waals surface area contributed by atoms with Crippen LogP contribution < -0.4 is 0 Å². The van der Waals surface area contributed by atoms with Crippen LogP contribution in [0.25, 0.3) is 0 Å². The number of aldehydes is 1. The number of carbonyl (C=O) groups excluding carboxylic acids is 1. The van der Waals surface area contributed by atoms with Gasteiger partial charge in [-0.2, -0.15) is 0 Å². The Morgan fingerprint density at radius 2 is 2.31 bits per heavy atom. The molecule has 1 unspecified atom stereocenters. The number of rotatable bonds is 1. The van der Waals surface area contributed by atoms with Crippen LogP contribution in [0.5, 0.6) is 0 Å². The second kappa shape index (κ2) is 4.08. The summed E-state index contributed by atoms with van der Waals surface area (Å²) < 4.78 is 13.1. The summed E-state index contributed by atoms with van der Waals surface area (Å²) in [4.78, 5) is 12.9. The zero-order valence-corrected chi connectivity index (χ0v) is 9.40. The van der Waals surface area contributed by atoms with Crippen LogP contribution in [0.1, 0.15) is 20.3 Å². The van der Waals surface area contributed by atoms with Crippen molar-refractivity contribution in [2.24, 2.45) is 5.92 Å². The van der Waals surface area contributed by atoms with Gasteiger partial charge in [0.1, 0.15) is 5.83 Å². The van der Waals surface area contributed by atoms with Crippen molar-refractivity contribution in [2.45, 2.75) is 20.3 Å². The highest BCUT2D eigenvalue weighted by molar-refractivity contribution is 5.75. The Bertz CT molecular complexity index is 443. The van der Waals surface area contributed by atoms with E-state index in [1.54, 1.807) is 11.1 Å². The Hall–Kier alpha value is -1.64. The summed E-state index contributed by atoms with van der Waals surface area (Å²) in [5.74, 6) is 0.0307. The summed E-state index contributed by atoms with van der Waals surface area (Å²) in [6.45, 7) is 4.02. The maximum atomic E-state index is 13.1. The first-order valence-electron chi connectivity index (χ1n) is 5.34. The molecule has 0 saturated heterocycles. The van der Waals surface area contributed by atoms with E-state index in [0.717, 1.165) is 24.0 Å². The van der Waals surface area contributed by atoms with Crippen molar-refractivity contribution in [3.05, 3.63) is 47.2 Å². The number of nitrogens with zero attached hydrogens (tertiary/aromatic N) is 1. The van der Waals surface area contributed by atoms with Gasteiger partial charge < -0.3 is 4.90 Å². The standard InChI is InChI=1S/C13H14FNO/c1-9-3-4-12-7-11(14)5-6-15(12)13(8-16)10(9)2/h4-9H,3H2,1-2H3. The third-order valence-corrected chi connectivity index (χ3v) is 3.14. The molecule has 2 aliphatic rings. The van der Waals surface area contributed by atoms with E-state index in [0.29, 0.717) is 11.6 Å². The second-order valence-corrected chi connectivity index (χ2v) is 4.17. The number of hydrogen-bond acceptors (Lipinski definition) is 2. The highest BCUT2D eigenvalue weighted by Gasteiger charge is 2.22. The third kappa shape index (κ3) is 1.73. The van der Waals surface area contributed by atoms with E-state index in [9.17, 15) is 9.18 Å². The molecule has 2 heterocycles. The largest absolute Gasteiger partial charge is 0.314 e. The highest BCUT2D eigenvalue weighted by Crippen LogP contribution is 2.31. The van der Waals surface area contributed by atoms with Gasteiger partial charge in [-0.05, 0) is 37.0 Å². The number of allylic oxidation sites excluding steroid dienone is 6. The number of hydrogen-bond donors (Lipinski definition) is 0. The zero-order valence-electron chi connectivity index (χ0n) is 9.40. The first-order chi connectivity index (χ1) is 7.63. The van der Waals surface area contributed by atoms with E-state index in [1.807, 2.05) is 13.0 Å². The predicted molar refractivity (Wildman–Crippen MR) is 60.8 cm³/mol. The van der Waals surface area contributed by atoms with Gasteiger partial charge in [-0.3, -0.25) is 4.79 Å². The summed E-state index contributed by atoms with van der Waals surface area (Å²) in [5, 5.41) is 0. The van der Waals surface area contributed by atoms with Gasteiger partial charge in [0.05, 0.1) is 5.70 Å². The fourth-order valence-electron chi connectivity index (χ4n) is 1.93. The van der Waals surface area contributed by atoms with Crippen LogP contribution in [-0.2, 0) is 4.79 Å². The van der Waals surface area contributed by atoms with Gasteiger partial charge in [0.25, 0.3) is 0 Å². The van der Waals surface area contributed by atoms with E-state index in [4.69, 9.17) is 0 Å². The monoisotopic (exact) mass is 219 g/mol. The summed E-state index contributed by atoms with van der Waals surface area (Å²) in [5.41, 5.74) is 2.41. The molecule has 2 aliphatic heterocycles. The van der Waals surface area contributed by atoms with Crippen molar-refractivity contribution >= 4 is 6.29 Å². The van der Waals surface area contributed by atoms with Gasteiger partial charge in [0.2, 0.25) is 0 Å². The first-order valence-corrected chi connectivity index (χ1v) is 5.34. The molecule has 0 bridgehead atoms.